The van der Waals surface area contributed by atoms with Gasteiger partial charge in [-0.25, -0.2) is 4.98 Å². The first-order valence-corrected chi connectivity index (χ1v) is 6.04. The van der Waals surface area contributed by atoms with Gasteiger partial charge in [0.1, 0.15) is 17.3 Å². The molecule has 0 spiro atoms. The Balaban J connectivity index is 2.17. The zero-order chi connectivity index (χ0) is 13.9. The number of para-hydroxylation sites is 2. The molecule has 1 N–H and O–H groups in total. The highest BCUT2D eigenvalue weighted by atomic mass is 16.3. The molecular formula is C16H10N2O2. The first-order valence-electron chi connectivity index (χ1n) is 6.04. The van der Waals surface area contributed by atoms with Crippen molar-refractivity contribution in [1.82, 2.24) is 4.98 Å². The van der Waals surface area contributed by atoms with Gasteiger partial charge >= 0.3 is 0 Å². The number of aromatic nitrogens is 1. The average molecular weight is 262 g/mol. The molecule has 3 aromatic rings. The van der Waals surface area contributed by atoms with Crippen molar-refractivity contribution in [2.75, 3.05) is 0 Å². The number of hydrogen-bond acceptors (Lipinski definition) is 4. The van der Waals surface area contributed by atoms with Crippen LogP contribution in [0.25, 0.3) is 22.4 Å². The summed E-state index contributed by atoms with van der Waals surface area (Å²) in [5.41, 5.74) is 1.80. The van der Waals surface area contributed by atoms with Crippen molar-refractivity contribution >= 4 is 22.4 Å². The van der Waals surface area contributed by atoms with Crippen LogP contribution in [0.15, 0.2) is 59.0 Å². The number of fused-ring (bicyclic) bond motifs is 1. The molecule has 3 rings (SSSR count). The molecule has 0 fully saturated rings. The van der Waals surface area contributed by atoms with E-state index in [4.69, 9.17) is 4.42 Å². The van der Waals surface area contributed by atoms with E-state index in [-0.39, 0.29) is 17.2 Å². The third kappa shape index (κ3) is 2.02. The lowest BCUT2D eigenvalue weighted by Crippen LogP contribution is -1.90. The predicted octanol–water partition coefficient (Wildman–Crippen LogP) is 3.78. The molecule has 0 saturated heterocycles. The van der Waals surface area contributed by atoms with Crippen molar-refractivity contribution in [3.63, 3.8) is 0 Å². The van der Waals surface area contributed by atoms with E-state index in [1.165, 1.54) is 0 Å². The van der Waals surface area contributed by atoms with E-state index in [0.29, 0.717) is 16.7 Å². The zero-order valence-electron chi connectivity index (χ0n) is 10.4. The minimum Gasteiger partial charge on any atom is -0.506 e. The van der Waals surface area contributed by atoms with Crippen LogP contribution in [-0.4, -0.2) is 10.1 Å². The summed E-state index contributed by atoms with van der Waals surface area (Å²) in [6, 6.07) is 18.0. The number of aliphatic hydroxyl groups excluding tert-OH is 1. The van der Waals surface area contributed by atoms with Gasteiger partial charge in [-0.05, 0) is 12.1 Å². The number of aliphatic hydroxyl groups is 1. The van der Waals surface area contributed by atoms with Crippen LogP contribution in [0.2, 0.25) is 0 Å². The molecule has 0 bridgehead atoms. The maximum Gasteiger partial charge on any atom is 0.241 e. The molecule has 0 amide bonds. The van der Waals surface area contributed by atoms with Crippen LogP contribution in [0.1, 0.15) is 11.5 Å². The number of rotatable bonds is 2. The highest BCUT2D eigenvalue weighted by Crippen LogP contribution is 2.26. The fourth-order valence-electron chi connectivity index (χ4n) is 1.92. The lowest BCUT2D eigenvalue weighted by molar-refractivity contribution is 0.510. The molecule has 0 radical (unpaired) electrons. The van der Waals surface area contributed by atoms with E-state index < -0.39 is 0 Å². The lowest BCUT2D eigenvalue weighted by Gasteiger charge is -2.01. The zero-order valence-corrected chi connectivity index (χ0v) is 10.4. The Hall–Kier alpha value is -3.06. The first kappa shape index (κ1) is 12.0. The normalized spacial score (nSPS) is 11.9. The minimum absolute atomic E-state index is 0.0207. The highest BCUT2D eigenvalue weighted by molar-refractivity contribution is 5.92. The molecule has 0 aliphatic heterocycles. The fourth-order valence-corrected chi connectivity index (χ4v) is 1.92. The molecule has 2 aromatic carbocycles. The van der Waals surface area contributed by atoms with Crippen LogP contribution in [0, 0.1) is 11.3 Å². The number of hydrogen-bond donors (Lipinski definition) is 1. The number of nitrogens with zero attached hydrogens (tertiary/aromatic N) is 2. The van der Waals surface area contributed by atoms with Gasteiger partial charge in [-0.1, -0.05) is 42.5 Å². The number of nitriles is 1. The summed E-state index contributed by atoms with van der Waals surface area (Å²) in [5.74, 6) is -0.0188. The van der Waals surface area contributed by atoms with Crippen LogP contribution in [0.5, 0.6) is 0 Å². The third-order valence-corrected chi connectivity index (χ3v) is 2.90. The molecule has 0 unspecified atom stereocenters. The third-order valence-electron chi connectivity index (χ3n) is 2.90. The van der Waals surface area contributed by atoms with Crippen LogP contribution in [-0.2, 0) is 0 Å². The van der Waals surface area contributed by atoms with E-state index in [9.17, 15) is 10.4 Å². The van der Waals surface area contributed by atoms with Gasteiger partial charge in [-0.15, -0.1) is 0 Å². The van der Waals surface area contributed by atoms with Crippen LogP contribution < -0.4 is 0 Å². The molecule has 0 aliphatic carbocycles. The van der Waals surface area contributed by atoms with Gasteiger partial charge in [-0.3, -0.25) is 0 Å². The van der Waals surface area contributed by atoms with E-state index in [1.807, 2.05) is 24.3 Å². The summed E-state index contributed by atoms with van der Waals surface area (Å²) >= 11 is 0. The average Bonchev–Trinajstić information content (AvgIpc) is 2.92. The van der Waals surface area contributed by atoms with E-state index in [1.54, 1.807) is 36.4 Å². The Bertz CT molecular complexity index is 793. The van der Waals surface area contributed by atoms with Crippen LogP contribution in [0.4, 0.5) is 0 Å². The Labute approximate surface area is 115 Å². The molecule has 4 nitrogen and oxygen atoms in total. The second-order valence-corrected chi connectivity index (χ2v) is 4.19. The van der Waals surface area contributed by atoms with Crippen molar-refractivity contribution in [2.45, 2.75) is 0 Å². The van der Waals surface area contributed by atoms with Gasteiger partial charge < -0.3 is 9.52 Å². The van der Waals surface area contributed by atoms with Gasteiger partial charge in [0.2, 0.25) is 5.89 Å². The van der Waals surface area contributed by atoms with Gasteiger partial charge in [0.25, 0.3) is 0 Å². The highest BCUT2D eigenvalue weighted by Gasteiger charge is 2.16. The van der Waals surface area contributed by atoms with E-state index in [2.05, 4.69) is 4.98 Å². The fraction of sp³-hybridized carbons (Fsp3) is 0. The second-order valence-electron chi connectivity index (χ2n) is 4.19. The Kier molecular flexibility index (Phi) is 2.94. The van der Waals surface area contributed by atoms with Gasteiger partial charge in [0.05, 0.1) is 0 Å². The molecule has 0 atom stereocenters. The van der Waals surface area contributed by atoms with E-state index >= 15 is 0 Å². The summed E-state index contributed by atoms with van der Waals surface area (Å²) < 4.78 is 5.51. The summed E-state index contributed by atoms with van der Waals surface area (Å²) in [6.07, 6.45) is 0. The topological polar surface area (TPSA) is 70.0 Å². The Morgan fingerprint density at radius 3 is 2.45 bits per heavy atom. The number of allylic oxidation sites excluding steroid dienone is 1. The second kappa shape index (κ2) is 4.90. The summed E-state index contributed by atoms with van der Waals surface area (Å²) in [7, 11) is 0. The molecular weight excluding hydrogens is 252 g/mol. The molecule has 96 valence electrons. The maximum absolute atomic E-state index is 10.2. The van der Waals surface area contributed by atoms with Crippen molar-refractivity contribution in [1.29, 1.82) is 5.26 Å². The predicted molar refractivity (Wildman–Crippen MR) is 75.5 cm³/mol. The Morgan fingerprint density at radius 1 is 1.05 bits per heavy atom. The molecule has 1 heterocycles. The van der Waals surface area contributed by atoms with Crippen molar-refractivity contribution < 1.29 is 9.52 Å². The lowest BCUT2D eigenvalue weighted by atomic mass is 10.1. The van der Waals surface area contributed by atoms with Crippen molar-refractivity contribution in [3.05, 3.63) is 66.1 Å². The quantitative estimate of drug-likeness (QED) is 0.563. The van der Waals surface area contributed by atoms with E-state index in [0.717, 1.165) is 0 Å². The monoisotopic (exact) mass is 262 g/mol. The summed E-state index contributed by atoms with van der Waals surface area (Å²) in [5, 5.41) is 19.5. The molecule has 0 aliphatic rings. The maximum atomic E-state index is 10.2. The Morgan fingerprint density at radius 2 is 1.75 bits per heavy atom. The van der Waals surface area contributed by atoms with Gasteiger partial charge in [0, 0.05) is 5.56 Å². The summed E-state index contributed by atoms with van der Waals surface area (Å²) in [4.78, 5) is 4.22. The minimum atomic E-state index is -0.139. The van der Waals surface area contributed by atoms with Gasteiger partial charge in [0.15, 0.2) is 11.2 Å². The molecule has 20 heavy (non-hydrogen) atoms. The SMILES string of the molecule is N#C/C(=C(\O)c1ccccc1)c1nc2ccccc2o1. The van der Waals surface area contributed by atoms with Gasteiger partial charge in [-0.2, -0.15) is 5.26 Å². The number of oxazole rings is 1. The van der Waals surface area contributed by atoms with Crippen LogP contribution >= 0.6 is 0 Å². The molecule has 0 saturated carbocycles. The number of benzene rings is 2. The molecule has 4 heteroatoms. The smallest absolute Gasteiger partial charge is 0.241 e. The summed E-state index contributed by atoms with van der Waals surface area (Å²) in [6.45, 7) is 0. The largest absolute Gasteiger partial charge is 0.506 e. The van der Waals surface area contributed by atoms with Crippen molar-refractivity contribution in [2.24, 2.45) is 0 Å². The first-order chi connectivity index (χ1) is 9.79. The standard InChI is InChI=1S/C16H10N2O2/c17-10-12(15(19)11-6-2-1-3-7-11)16-18-13-8-4-5-9-14(13)20-16/h1-9,19H/b15-12+. The molecule has 1 aromatic heterocycles. The van der Waals surface area contributed by atoms with Crippen LogP contribution in [0.3, 0.4) is 0 Å². The van der Waals surface area contributed by atoms with Crippen molar-refractivity contribution in [3.8, 4) is 6.07 Å².